The summed E-state index contributed by atoms with van der Waals surface area (Å²) in [4.78, 5) is 10.3. The predicted molar refractivity (Wildman–Crippen MR) is 45.6 cm³/mol. The van der Waals surface area contributed by atoms with Crippen LogP contribution in [0.25, 0.3) is 0 Å². The zero-order chi connectivity index (χ0) is 13.2. The molecule has 0 aliphatic heterocycles. The van der Waals surface area contributed by atoms with Gasteiger partial charge in [-0.25, -0.2) is 9.18 Å². The van der Waals surface area contributed by atoms with Crippen molar-refractivity contribution in [2.24, 2.45) is 0 Å². The molecule has 0 radical (unpaired) electrons. The third-order valence-corrected chi connectivity index (χ3v) is 1.82. The van der Waals surface area contributed by atoms with E-state index < -0.39 is 41.6 Å². The Morgan fingerprint density at radius 2 is 1.82 bits per heavy atom. The molecule has 17 heavy (non-hydrogen) atoms. The van der Waals surface area contributed by atoms with Crippen molar-refractivity contribution in [3.05, 3.63) is 29.3 Å². The first-order valence-electron chi connectivity index (χ1n) is 4.18. The number of halogens is 4. The van der Waals surface area contributed by atoms with Gasteiger partial charge in [-0.05, 0) is 12.1 Å². The lowest BCUT2D eigenvalue weighted by atomic mass is 10.1. The molecule has 1 unspecified atom stereocenters. The summed E-state index contributed by atoms with van der Waals surface area (Å²) < 4.78 is 53.5. The van der Waals surface area contributed by atoms with E-state index in [9.17, 15) is 22.4 Å². The molecular formula is C9H6F4O4. The molecule has 8 heteroatoms. The minimum absolute atomic E-state index is 0.603. The third-order valence-electron chi connectivity index (χ3n) is 1.82. The van der Waals surface area contributed by atoms with Crippen LogP contribution in [0.15, 0.2) is 12.1 Å². The number of alkyl halides is 2. The molecule has 1 atom stereocenters. The maximum atomic E-state index is 13.2. The monoisotopic (exact) mass is 254 g/mol. The number of carboxylic acids is 1. The van der Waals surface area contributed by atoms with Crippen molar-refractivity contribution in [1.82, 2.24) is 0 Å². The van der Waals surface area contributed by atoms with Gasteiger partial charge in [-0.1, -0.05) is 0 Å². The summed E-state index contributed by atoms with van der Waals surface area (Å²) in [5.41, 5.74) is -0.878. The van der Waals surface area contributed by atoms with Crippen molar-refractivity contribution in [3.8, 4) is 5.75 Å². The van der Waals surface area contributed by atoms with Crippen LogP contribution in [0.4, 0.5) is 17.6 Å². The number of benzene rings is 1. The van der Waals surface area contributed by atoms with Crippen LogP contribution >= 0.6 is 0 Å². The molecule has 0 aliphatic rings. The molecule has 0 heterocycles. The first kappa shape index (κ1) is 13.2. The molecule has 4 nitrogen and oxygen atoms in total. The molecule has 0 fully saturated rings. The first-order valence-corrected chi connectivity index (χ1v) is 4.18. The van der Waals surface area contributed by atoms with Gasteiger partial charge in [0.25, 0.3) is 0 Å². The Hall–Kier alpha value is -1.83. The van der Waals surface area contributed by atoms with Crippen LogP contribution in [0, 0.1) is 11.6 Å². The summed E-state index contributed by atoms with van der Waals surface area (Å²) >= 11 is 0. The molecule has 0 bridgehead atoms. The number of hydrogen-bond donors (Lipinski definition) is 2. The fourth-order valence-electron chi connectivity index (χ4n) is 1.08. The summed E-state index contributed by atoms with van der Waals surface area (Å²) in [6.45, 7) is -3.35. The fraction of sp³-hybridized carbons (Fsp3) is 0.222. The molecule has 0 saturated carbocycles. The smallest absolute Gasteiger partial charge is 0.387 e. The van der Waals surface area contributed by atoms with Gasteiger partial charge in [-0.15, -0.1) is 0 Å². The lowest BCUT2D eigenvalue weighted by Gasteiger charge is -2.11. The Morgan fingerprint density at radius 1 is 1.24 bits per heavy atom. The highest BCUT2D eigenvalue weighted by atomic mass is 19.3. The Morgan fingerprint density at radius 3 is 2.29 bits per heavy atom. The SMILES string of the molecule is O=C(O)C(O)c1ccc(OC(F)F)c(F)c1F. The summed E-state index contributed by atoms with van der Waals surface area (Å²) in [6, 6.07) is 1.25. The maximum Gasteiger partial charge on any atom is 0.387 e. The first-order chi connectivity index (χ1) is 7.84. The van der Waals surface area contributed by atoms with Crippen molar-refractivity contribution in [2.45, 2.75) is 12.7 Å². The van der Waals surface area contributed by atoms with Gasteiger partial charge in [-0.2, -0.15) is 13.2 Å². The molecule has 1 rings (SSSR count). The summed E-state index contributed by atoms with van der Waals surface area (Å²) in [5.74, 6) is -6.41. The normalized spacial score (nSPS) is 12.6. The average Bonchev–Trinajstić information content (AvgIpc) is 2.23. The lowest BCUT2D eigenvalue weighted by molar-refractivity contribution is -0.147. The minimum atomic E-state index is -3.35. The Bertz CT molecular complexity index is 435. The molecule has 0 aromatic heterocycles. The van der Waals surface area contributed by atoms with E-state index in [0.717, 1.165) is 0 Å². The molecule has 2 N–H and O–H groups in total. The number of aliphatic hydroxyl groups is 1. The van der Waals surface area contributed by atoms with Crippen molar-refractivity contribution >= 4 is 5.97 Å². The Kier molecular flexibility index (Phi) is 3.89. The van der Waals surface area contributed by atoms with Crippen LogP contribution in [0.5, 0.6) is 5.75 Å². The van der Waals surface area contributed by atoms with Crippen molar-refractivity contribution < 1.29 is 37.3 Å². The number of aliphatic carboxylic acids is 1. The number of carboxylic acid groups (broad SMARTS) is 1. The third kappa shape index (κ3) is 2.84. The van der Waals surface area contributed by atoms with Crippen LogP contribution < -0.4 is 4.74 Å². The number of carbonyl (C=O) groups is 1. The maximum absolute atomic E-state index is 13.2. The van der Waals surface area contributed by atoms with E-state index in [1.54, 1.807) is 0 Å². The van der Waals surface area contributed by atoms with E-state index in [1.807, 2.05) is 0 Å². The van der Waals surface area contributed by atoms with E-state index in [4.69, 9.17) is 10.2 Å². The topological polar surface area (TPSA) is 66.8 Å². The second kappa shape index (κ2) is 5.00. The molecule has 0 amide bonds. The van der Waals surface area contributed by atoms with Crippen LogP contribution in [0.2, 0.25) is 0 Å². The van der Waals surface area contributed by atoms with Gasteiger partial charge in [0.05, 0.1) is 0 Å². The molecule has 1 aromatic carbocycles. The Balaban J connectivity index is 3.14. The predicted octanol–water partition coefficient (Wildman–Crippen LogP) is 1.68. The van der Waals surface area contributed by atoms with E-state index in [-0.39, 0.29) is 0 Å². The molecule has 0 aliphatic carbocycles. The van der Waals surface area contributed by atoms with Crippen LogP contribution in [0.3, 0.4) is 0 Å². The van der Waals surface area contributed by atoms with Crippen LogP contribution in [-0.2, 0) is 4.79 Å². The average molecular weight is 254 g/mol. The van der Waals surface area contributed by atoms with Gasteiger partial charge < -0.3 is 14.9 Å². The van der Waals surface area contributed by atoms with Crippen molar-refractivity contribution in [1.29, 1.82) is 0 Å². The van der Waals surface area contributed by atoms with Gasteiger partial charge in [0.1, 0.15) is 0 Å². The molecule has 1 aromatic rings. The van der Waals surface area contributed by atoms with Gasteiger partial charge >= 0.3 is 12.6 Å². The van der Waals surface area contributed by atoms with Crippen LogP contribution in [0.1, 0.15) is 11.7 Å². The zero-order valence-corrected chi connectivity index (χ0v) is 8.03. The Labute approximate surface area is 92.1 Å². The molecular weight excluding hydrogens is 248 g/mol. The van der Waals surface area contributed by atoms with E-state index in [2.05, 4.69) is 4.74 Å². The van der Waals surface area contributed by atoms with E-state index >= 15 is 0 Å². The van der Waals surface area contributed by atoms with Gasteiger partial charge in [0, 0.05) is 5.56 Å². The number of aliphatic hydroxyl groups excluding tert-OH is 1. The molecule has 0 saturated heterocycles. The summed E-state index contributed by atoms with van der Waals surface area (Å²) in [5, 5.41) is 17.4. The highest BCUT2D eigenvalue weighted by molar-refractivity contribution is 5.74. The lowest BCUT2D eigenvalue weighted by Crippen LogP contribution is -2.14. The van der Waals surface area contributed by atoms with Gasteiger partial charge in [-0.3, -0.25) is 0 Å². The van der Waals surface area contributed by atoms with Gasteiger partial charge in [0.15, 0.2) is 17.7 Å². The number of rotatable bonds is 4. The summed E-state index contributed by atoms with van der Waals surface area (Å²) in [7, 11) is 0. The highest BCUT2D eigenvalue weighted by Gasteiger charge is 2.25. The van der Waals surface area contributed by atoms with E-state index in [1.165, 1.54) is 0 Å². The largest absolute Gasteiger partial charge is 0.479 e. The molecule has 0 spiro atoms. The second-order valence-electron chi connectivity index (χ2n) is 2.90. The number of ether oxygens (including phenoxy) is 1. The quantitative estimate of drug-likeness (QED) is 0.802. The second-order valence-corrected chi connectivity index (χ2v) is 2.90. The van der Waals surface area contributed by atoms with Crippen molar-refractivity contribution in [2.75, 3.05) is 0 Å². The van der Waals surface area contributed by atoms with Crippen LogP contribution in [-0.4, -0.2) is 22.8 Å². The number of hydrogen-bond acceptors (Lipinski definition) is 3. The van der Waals surface area contributed by atoms with Gasteiger partial charge in [0.2, 0.25) is 5.82 Å². The summed E-state index contributed by atoms with van der Waals surface area (Å²) in [6.07, 6.45) is -2.29. The van der Waals surface area contributed by atoms with E-state index in [0.29, 0.717) is 12.1 Å². The minimum Gasteiger partial charge on any atom is -0.479 e. The highest BCUT2D eigenvalue weighted by Crippen LogP contribution is 2.27. The standard InChI is InChI=1S/C9H6F4O4/c10-5-3(7(14)8(15)16)1-2-4(6(5)11)17-9(12)13/h1-2,7,9,14H,(H,15,16). The zero-order valence-electron chi connectivity index (χ0n) is 8.03. The fourth-order valence-corrected chi connectivity index (χ4v) is 1.08. The molecule has 94 valence electrons. The van der Waals surface area contributed by atoms with Crippen molar-refractivity contribution in [3.63, 3.8) is 0 Å².